The van der Waals surface area contributed by atoms with Crippen molar-refractivity contribution in [2.24, 2.45) is 5.92 Å². The molecular formula is C11H12F3NO5S. The largest absolute Gasteiger partial charge is 0.573 e. The van der Waals surface area contributed by atoms with E-state index >= 15 is 0 Å². The molecule has 2 N–H and O–H groups in total. The van der Waals surface area contributed by atoms with Crippen LogP contribution in [0.3, 0.4) is 0 Å². The van der Waals surface area contributed by atoms with Crippen LogP contribution in [0.1, 0.15) is 6.92 Å². The van der Waals surface area contributed by atoms with Crippen molar-refractivity contribution in [2.45, 2.75) is 18.2 Å². The van der Waals surface area contributed by atoms with E-state index < -0.39 is 38.9 Å². The van der Waals surface area contributed by atoms with Gasteiger partial charge in [-0.3, -0.25) is 4.79 Å². The summed E-state index contributed by atoms with van der Waals surface area (Å²) >= 11 is 0. The molecule has 0 saturated carbocycles. The molecule has 0 aromatic heterocycles. The van der Waals surface area contributed by atoms with E-state index in [0.717, 1.165) is 18.2 Å². The Morgan fingerprint density at radius 2 is 2.05 bits per heavy atom. The monoisotopic (exact) mass is 327 g/mol. The highest BCUT2D eigenvalue weighted by atomic mass is 32.2. The lowest BCUT2D eigenvalue weighted by atomic mass is 10.2. The third kappa shape index (κ3) is 5.60. The maximum absolute atomic E-state index is 12.1. The first-order valence-electron chi connectivity index (χ1n) is 5.59. The lowest BCUT2D eigenvalue weighted by Crippen LogP contribution is -2.31. The maximum Gasteiger partial charge on any atom is 0.573 e. The van der Waals surface area contributed by atoms with Gasteiger partial charge in [0.1, 0.15) is 5.75 Å². The zero-order valence-corrected chi connectivity index (χ0v) is 11.5. The van der Waals surface area contributed by atoms with E-state index in [4.69, 9.17) is 5.11 Å². The van der Waals surface area contributed by atoms with Gasteiger partial charge in [-0.05, 0) is 12.1 Å². The van der Waals surface area contributed by atoms with Gasteiger partial charge in [-0.2, -0.15) is 0 Å². The number of nitrogens with one attached hydrogen (secondary N) is 1. The van der Waals surface area contributed by atoms with Gasteiger partial charge in [0.2, 0.25) is 10.0 Å². The van der Waals surface area contributed by atoms with E-state index in [0.29, 0.717) is 6.07 Å². The van der Waals surface area contributed by atoms with Crippen molar-refractivity contribution in [1.29, 1.82) is 0 Å². The van der Waals surface area contributed by atoms with Crippen molar-refractivity contribution in [2.75, 3.05) is 6.54 Å². The molecule has 0 spiro atoms. The van der Waals surface area contributed by atoms with Crippen molar-refractivity contribution in [1.82, 2.24) is 4.72 Å². The van der Waals surface area contributed by atoms with Crippen molar-refractivity contribution in [3.05, 3.63) is 24.3 Å². The van der Waals surface area contributed by atoms with Gasteiger partial charge < -0.3 is 9.84 Å². The molecule has 0 fully saturated rings. The molecule has 0 aliphatic rings. The third-order valence-electron chi connectivity index (χ3n) is 2.35. The van der Waals surface area contributed by atoms with E-state index in [9.17, 15) is 26.4 Å². The van der Waals surface area contributed by atoms with Crippen molar-refractivity contribution >= 4 is 16.0 Å². The summed E-state index contributed by atoms with van der Waals surface area (Å²) in [6.07, 6.45) is -4.94. The van der Waals surface area contributed by atoms with Gasteiger partial charge in [0.15, 0.2) is 0 Å². The molecule has 1 rings (SSSR count). The summed E-state index contributed by atoms with van der Waals surface area (Å²) in [7, 11) is -4.13. The molecule has 0 radical (unpaired) electrons. The van der Waals surface area contributed by atoms with Crippen LogP contribution in [0, 0.1) is 5.92 Å². The predicted molar refractivity (Wildman–Crippen MR) is 65.1 cm³/mol. The first-order chi connectivity index (χ1) is 9.51. The average Bonchev–Trinajstić information content (AvgIpc) is 2.34. The Morgan fingerprint density at radius 1 is 1.43 bits per heavy atom. The Balaban J connectivity index is 2.89. The molecule has 1 aromatic carbocycles. The molecule has 0 bridgehead atoms. The number of carboxylic acids is 1. The van der Waals surface area contributed by atoms with E-state index in [2.05, 4.69) is 4.74 Å². The molecule has 0 aliphatic heterocycles. The first kappa shape index (κ1) is 17.2. The normalized spacial score (nSPS) is 13.7. The highest BCUT2D eigenvalue weighted by Gasteiger charge is 2.31. The molecule has 118 valence electrons. The number of alkyl halides is 3. The lowest BCUT2D eigenvalue weighted by molar-refractivity contribution is -0.274. The van der Waals surface area contributed by atoms with Gasteiger partial charge in [-0.15, -0.1) is 13.2 Å². The number of sulfonamides is 1. The van der Waals surface area contributed by atoms with Gasteiger partial charge in [0.25, 0.3) is 0 Å². The van der Waals surface area contributed by atoms with Crippen molar-refractivity contribution in [3.8, 4) is 5.75 Å². The van der Waals surface area contributed by atoms with Gasteiger partial charge in [0, 0.05) is 12.6 Å². The Hall–Kier alpha value is -1.81. The third-order valence-corrected chi connectivity index (χ3v) is 3.77. The highest BCUT2D eigenvalue weighted by molar-refractivity contribution is 7.89. The van der Waals surface area contributed by atoms with E-state index in [1.54, 1.807) is 0 Å². The van der Waals surface area contributed by atoms with Crippen molar-refractivity contribution in [3.63, 3.8) is 0 Å². The van der Waals surface area contributed by atoms with Crippen LogP contribution < -0.4 is 9.46 Å². The smallest absolute Gasteiger partial charge is 0.481 e. The number of carbonyl (C=O) groups is 1. The summed E-state index contributed by atoms with van der Waals surface area (Å²) < 4.78 is 65.5. The number of aliphatic carboxylic acids is 1. The van der Waals surface area contributed by atoms with Gasteiger partial charge in [-0.25, -0.2) is 13.1 Å². The summed E-state index contributed by atoms with van der Waals surface area (Å²) in [6.45, 7) is 0.899. The zero-order chi connectivity index (χ0) is 16.3. The van der Waals surface area contributed by atoms with Gasteiger partial charge in [0.05, 0.1) is 10.8 Å². The number of benzene rings is 1. The molecule has 21 heavy (non-hydrogen) atoms. The van der Waals surface area contributed by atoms with Crippen molar-refractivity contribution < 1.29 is 36.2 Å². The summed E-state index contributed by atoms with van der Waals surface area (Å²) in [6, 6.07) is 3.79. The number of hydrogen-bond acceptors (Lipinski definition) is 4. The molecule has 1 unspecified atom stereocenters. The van der Waals surface area contributed by atoms with E-state index in [-0.39, 0.29) is 6.54 Å². The molecule has 10 heteroatoms. The second-order valence-electron chi connectivity index (χ2n) is 4.11. The molecule has 6 nitrogen and oxygen atoms in total. The second kappa shape index (κ2) is 6.31. The molecule has 0 aliphatic carbocycles. The topological polar surface area (TPSA) is 92.7 Å². The van der Waals surface area contributed by atoms with E-state index in [1.165, 1.54) is 6.92 Å². The van der Waals surface area contributed by atoms with Crippen LogP contribution in [-0.4, -0.2) is 32.4 Å². The Kier molecular flexibility index (Phi) is 5.18. The van der Waals surface area contributed by atoms with Crippen LogP contribution in [0.2, 0.25) is 0 Å². The zero-order valence-electron chi connectivity index (χ0n) is 10.7. The van der Waals surface area contributed by atoms with Gasteiger partial charge in [-0.1, -0.05) is 13.0 Å². The molecule has 0 saturated heterocycles. The highest BCUT2D eigenvalue weighted by Crippen LogP contribution is 2.24. The number of rotatable bonds is 6. The summed E-state index contributed by atoms with van der Waals surface area (Å²) in [4.78, 5) is 10.1. The SMILES string of the molecule is CC(CNS(=O)(=O)c1cccc(OC(F)(F)F)c1)C(=O)O. The fourth-order valence-corrected chi connectivity index (χ4v) is 2.41. The fraction of sp³-hybridized carbons (Fsp3) is 0.364. The van der Waals surface area contributed by atoms with Crippen LogP contribution in [0.4, 0.5) is 13.2 Å². The van der Waals surface area contributed by atoms with Crippen LogP contribution in [0.15, 0.2) is 29.2 Å². The average molecular weight is 327 g/mol. The molecule has 1 aromatic rings. The van der Waals surface area contributed by atoms with Crippen LogP contribution in [0.25, 0.3) is 0 Å². The standard InChI is InChI=1S/C11H12F3NO5S/c1-7(10(16)17)6-15-21(18,19)9-4-2-3-8(5-9)20-11(12,13)14/h2-5,7,15H,6H2,1H3,(H,16,17). The number of halogens is 3. The number of ether oxygens (including phenoxy) is 1. The maximum atomic E-state index is 12.1. The Bertz CT molecular complexity index is 615. The molecule has 0 amide bonds. The lowest BCUT2D eigenvalue weighted by Gasteiger charge is -2.12. The fourth-order valence-electron chi connectivity index (χ4n) is 1.24. The molecule has 1 atom stereocenters. The predicted octanol–water partition coefficient (Wildman–Crippen LogP) is 1.58. The minimum absolute atomic E-state index is 0.387. The summed E-state index contributed by atoms with van der Waals surface area (Å²) in [5, 5.41) is 8.64. The Labute approximate surface area is 118 Å². The van der Waals surface area contributed by atoms with Gasteiger partial charge >= 0.3 is 12.3 Å². The number of hydrogen-bond donors (Lipinski definition) is 2. The van der Waals surface area contributed by atoms with Crippen LogP contribution >= 0.6 is 0 Å². The summed E-state index contributed by atoms with van der Waals surface area (Å²) in [5.41, 5.74) is 0. The van der Waals surface area contributed by atoms with Crippen LogP contribution in [-0.2, 0) is 14.8 Å². The quantitative estimate of drug-likeness (QED) is 0.827. The van der Waals surface area contributed by atoms with Crippen LogP contribution in [0.5, 0.6) is 5.75 Å². The Morgan fingerprint density at radius 3 is 2.57 bits per heavy atom. The first-order valence-corrected chi connectivity index (χ1v) is 7.08. The minimum Gasteiger partial charge on any atom is -0.481 e. The number of carboxylic acid groups (broad SMARTS) is 1. The second-order valence-corrected chi connectivity index (χ2v) is 5.88. The van der Waals surface area contributed by atoms with E-state index in [1.807, 2.05) is 4.72 Å². The molecule has 0 heterocycles. The molecular weight excluding hydrogens is 315 g/mol. The summed E-state index contributed by atoms with van der Waals surface area (Å²) in [5.74, 6) is -2.86. The minimum atomic E-state index is -4.94.